The van der Waals surface area contributed by atoms with Crippen LogP contribution in [0.3, 0.4) is 0 Å². The average molecular weight is 328 g/mol. The summed E-state index contributed by atoms with van der Waals surface area (Å²) in [5.74, 6) is 0.164. The number of rotatable bonds is 4. The Labute approximate surface area is 142 Å². The Bertz CT molecular complexity index is 659. The highest BCUT2D eigenvalue weighted by Gasteiger charge is 2.27. The lowest BCUT2D eigenvalue weighted by atomic mass is 9.94. The Balaban J connectivity index is 1.85. The molecule has 3 rings (SSSR count). The van der Waals surface area contributed by atoms with E-state index in [0.29, 0.717) is 6.04 Å². The molecule has 3 nitrogen and oxygen atoms in total. The maximum Gasteiger partial charge on any atom is 0.266 e. The molecule has 1 heterocycles. The van der Waals surface area contributed by atoms with Crippen LogP contribution in [0, 0.1) is 6.92 Å². The number of carbonyl (C=O) groups excluding carboxylic acids is 1. The van der Waals surface area contributed by atoms with Crippen LogP contribution in [-0.4, -0.2) is 28.4 Å². The molecule has 4 heteroatoms. The molecule has 0 atom stereocenters. The second-order valence-corrected chi connectivity index (χ2v) is 7.18. The van der Waals surface area contributed by atoms with Crippen molar-refractivity contribution >= 4 is 17.2 Å². The Hall–Kier alpha value is -1.68. The molecule has 1 fully saturated rings. The van der Waals surface area contributed by atoms with Gasteiger partial charge < -0.3 is 4.90 Å². The fraction of sp³-hybridized carbons (Fsp3) is 0.474. The van der Waals surface area contributed by atoms with Crippen LogP contribution in [0.25, 0.3) is 10.6 Å². The lowest BCUT2D eigenvalue weighted by Gasteiger charge is -2.33. The van der Waals surface area contributed by atoms with Crippen molar-refractivity contribution in [2.75, 3.05) is 6.54 Å². The molecule has 1 amide bonds. The first-order valence-electron chi connectivity index (χ1n) is 8.54. The zero-order valence-electron chi connectivity index (χ0n) is 13.9. The second-order valence-electron chi connectivity index (χ2n) is 6.18. The summed E-state index contributed by atoms with van der Waals surface area (Å²) in [5, 5.41) is 0.936. The highest BCUT2D eigenvalue weighted by atomic mass is 32.1. The van der Waals surface area contributed by atoms with Crippen molar-refractivity contribution in [2.24, 2.45) is 0 Å². The van der Waals surface area contributed by atoms with Crippen molar-refractivity contribution in [2.45, 2.75) is 52.0 Å². The number of amides is 1. The molecule has 0 radical (unpaired) electrons. The van der Waals surface area contributed by atoms with E-state index in [4.69, 9.17) is 0 Å². The monoisotopic (exact) mass is 328 g/mol. The summed E-state index contributed by atoms with van der Waals surface area (Å²) < 4.78 is 0. The largest absolute Gasteiger partial charge is 0.335 e. The van der Waals surface area contributed by atoms with Crippen molar-refractivity contribution in [3.63, 3.8) is 0 Å². The Morgan fingerprint density at radius 3 is 2.57 bits per heavy atom. The molecule has 1 aromatic carbocycles. The van der Waals surface area contributed by atoms with Crippen molar-refractivity contribution in [1.82, 2.24) is 9.88 Å². The van der Waals surface area contributed by atoms with E-state index in [1.54, 1.807) is 0 Å². The minimum atomic E-state index is 0.164. The van der Waals surface area contributed by atoms with Crippen molar-refractivity contribution in [1.29, 1.82) is 0 Å². The molecule has 23 heavy (non-hydrogen) atoms. The minimum absolute atomic E-state index is 0.164. The zero-order valence-corrected chi connectivity index (χ0v) is 14.7. The SMILES string of the molecule is CCN(C(=O)c1sc(-c2ccccc2)nc1C)C1CCCCC1. The van der Waals surface area contributed by atoms with Crippen LogP contribution in [0.5, 0.6) is 0 Å². The average Bonchev–Trinajstić information content (AvgIpc) is 2.99. The first-order valence-corrected chi connectivity index (χ1v) is 9.36. The van der Waals surface area contributed by atoms with Crippen LogP contribution in [0.2, 0.25) is 0 Å². The predicted molar refractivity (Wildman–Crippen MR) is 95.9 cm³/mol. The summed E-state index contributed by atoms with van der Waals surface area (Å²) >= 11 is 1.53. The third kappa shape index (κ3) is 3.47. The smallest absolute Gasteiger partial charge is 0.266 e. The number of hydrogen-bond donors (Lipinski definition) is 0. The van der Waals surface area contributed by atoms with Crippen LogP contribution in [0.15, 0.2) is 30.3 Å². The molecule has 0 aliphatic heterocycles. The molecule has 1 aliphatic rings. The molecule has 1 saturated carbocycles. The molecule has 1 aliphatic carbocycles. The van der Waals surface area contributed by atoms with Gasteiger partial charge in [-0.25, -0.2) is 4.98 Å². The van der Waals surface area contributed by atoms with E-state index in [0.717, 1.165) is 40.5 Å². The third-order valence-corrected chi connectivity index (χ3v) is 5.82. The number of benzene rings is 1. The van der Waals surface area contributed by atoms with Crippen LogP contribution in [-0.2, 0) is 0 Å². The Morgan fingerprint density at radius 2 is 1.91 bits per heavy atom. The number of thiazole rings is 1. The van der Waals surface area contributed by atoms with E-state index in [9.17, 15) is 4.79 Å². The van der Waals surface area contributed by atoms with Gasteiger partial charge in [0.1, 0.15) is 9.88 Å². The number of hydrogen-bond acceptors (Lipinski definition) is 3. The van der Waals surface area contributed by atoms with E-state index in [1.165, 1.54) is 30.6 Å². The second kappa shape index (κ2) is 7.26. The molecule has 1 aromatic heterocycles. The van der Waals surface area contributed by atoms with Crippen LogP contribution in [0.1, 0.15) is 54.4 Å². The third-order valence-electron chi connectivity index (χ3n) is 4.63. The fourth-order valence-electron chi connectivity index (χ4n) is 3.39. The molecular weight excluding hydrogens is 304 g/mol. The molecular formula is C19H24N2OS. The van der Waals surface area contributed by atoms with Crippen LogP contribution in [0.4, 0.5) is 0 Å². The first kappa shape index (κ1) is 16.2. The summed E-state index contributed by atoms with van der Waals surface area (Å²) in [6.45, 7) is 4.81. The minimum Gasteiger partial charge on any atom is -0.335 e. The molecule has 0 N–H and O–H groups in total. The first-order chi connectivity index (χ1) is 11.2. The van der Waals surface area contributed by atoms with E-state index >= 15 is 0 Å². The van der Waals surface area contributed by atoms with Crippen molar-refractivity contribution < 1.29 is 4.79 Å². The van der Waals surface area contributed by atoms with Gasteiger partial charge in [-0.05, 0) is 26.7 Å². The Kier molecular flexibility index (Phi) is 5.11. The maximum absolute atomic E-state index is 13.0. The molecule has 0 spiro atoms. The number of nitrogens with zero attached hydrogens (tertiary/aromatic N) is 2. The van der Waals surface area contributed by atoms with Gasteiger partial charge >= 0.3 is 0 Å². The van der Waals surface area contributed by atoms with Crippen LogP contribution >= 0.6 is 11.3 Å². The molecule has 122 valence electrons. The summed E-state index contributed by atoms with van der Waals surface area (Å²) in [7, 11) is 0. The topological polar surface area (TPSA) is 33.2 Å². The molecule has 0 saturated heterocycles. The molecule has 2 aromatic rings. The van der Waals surface area contributed by atoms with E-state index < -0.39 is 0 Å². The maximum atomic E-state index is 13.0. The zero-order chi connectivity index (χ0) is 16.2. The molecule has 0 unspecified atom stereocenters. The Morgan fingerprint density at radius 1 is 1.22 bits per heavy atom. The predicted octanol–water partition coefficient (Wildman–Crippen LogP) is 4.91. The van der Waals surface area contributed by atoms with Gasteiger partial charge in [0.05, 0.1) is 5.69 Å². The van der Waals surface area contributed by atoms with Gasteiger partial charge in [-0.1, -0.05) is 49.6 Å². The summed E-state index contributed by atoms with van der Waals surface area (Å²) in [4.78, 5) is 20.5. The van der Waals surface area contributed by atoms with E-state index in [-0.39, 0.29) is 5.91 Å². The highest BCUT2D eigenvalue weighted by molar-refractivity contribution is 7.17. The number of carbonyl (C=O) groups is 1. The normalized spacial score (nSPS) is 15.6. The lowest BCUT2D eigenvalue weighted by molar-refractivity contribution is 0.0652. The number of aromatic nitrogens is 1. The number of aryl methyl sites for hydroxylation is 1. The van der Waals surface area contributed by atoms with Crippen molar-refractivity contribution in [3.05, 3.63) is 40.9 Å². The van der Waals surface area contributed by atoms with Gasteiger partial charge in [0, 0.05) is 18.2 Å². The van der Waals surface area contributed by atoms with E-state index in [2.05, 4.69) is 16.8 Å². The summed E-state index contributed by atoms with van der Waals surface area (Å²) in [6, 6.07) is 10.5. The van der Waals surface area contributed by atoms with Gasteiger partial charge in [0.2, 0.25) is 0 Å². The van der Waals surface area contributed by atoms with Gasteiger partial charge in [-0.3, -0.25) is 4.79 Å². The van der Waals surface area contributed by atoms with Gasteiger partial charge in [-0.2, -0.15) is 0 Å². The lowest BCUT2D eigenvalue weighted by Crippen LogP contribution is -2.41. The summed E-state index contributed by atoms with van der Waals surface area (Å²) in [5.41, 5.74) is 1.94. The van der Waals surface area contributed by atoms with Gasteiger partial charge in [0.25, 0.3) is 5.91 Å². The fourth-order valence-corrected chi connectivity index (χ4v) is 4.42. The highest BCUT2D eigenvalue weighted by Crippen LogP contribution is 2.30. The van der Waals surface area contributed by atoms with Gasteiger partial charge in [-0.15, -0.1) is 11.3 Å². The van der Waals surface area contributed by atoms with E-state index in [1.807, 2.05) is 37.3 Å². The quantitative estimate of drug-likeness (QED) is 0.798. The van der Waals surface area contributed by atoms with Crippen LogP contribution < -0.4 is 0 Å². The molecule has 0 bridgehead atoms. The summed E-state index contributed by atoms with van der Waals surface area (Å²) in [6.07, 6.45) is 6.07. The van der Waals surface area contributed by atoms with Crippen molar-refractivity contribution in [3.8, 4) is 10.6 Å². The van der Waals surface area contributed by atoms with Gasteiger partial charge in [0.15, 0.2) is 0 Å². The standard InChI is InChI=1S/C19H24N2OS/c1-3-21(16-12-8-5-9-13-16)19(22)17-14(2)20-18(23-17)15-10-6-4-7-11-15/h4,6-7,10-11,16H,3,5,8-9,12-13H2,1-2H3.